The number of rotatable bonds is 0. The van der Waals surface area contributed by atoms with E-state index in [9.17, 15) is 0 Å². The topological polar surface area (TPSA) is 0 Å². The van der Waals surface area contributed by atoms with E-state index in [2.05, 4.69) is 39.8 Å². The van der Waals surface area contributed by atoms with Gasteiger partial charge in [-0.3, -0.25) is 0 Å². The van der Waals surface area contributed by atoms with Crippen molar-refractivity contribution in [3.05, 3.63) is 34.4 Å². The Kier molecular flexibility index (Phi) is 27.2. The van der Waals surface area contributed by atoms with Crippen LogP contribution in [0.5, 0.6) is 0 Å². The van der Waals surface area contributed by atoms with Gasteiger partial charge in [-0.2, -0.15) is 0 Å². The summed E-state index contributed by atoms with van der Waals surface area (Å²) >= 11 is -4.00. The molecule has 0 aliphatic heterocycles. The molecule has 21 heavy (non-hydrogen) atoms. The molecule has 0 N–H and O–H groups in total. The molecule has 0 aromatic heterocycles. The van der Waals surface area contributed by atoms with Gasteiger partial charge in [0.15, 0.2) is 0 Å². The van der Waals surface area contributed by atoms with Crippen molar-refractivity contribution in [3.8, 4) is 0 Å². The number of hydrogen-bond acceptors (Lipinski definition) is 0. The van der Waals surface area contributed by atoms with Crippen LogP contribution in [0.3, 0.4) is 0 Å². The van der Waals surface area contributed by atoms with Gasteiger partial charge >= 0.3 is 58.4 Å². The van der Waals surface area contributed by atoms with E-state index in [4.69, 9.17) is 78.9 Å². The Bertz CT molecular complexity index is 303. The summed E-state index contributed by atoms with van der Waals surface area (Å²) in [5.41, 5.74) is 5.57. The van der Waals surface area contributed by atoms with E-state index in [0.29, 0.717) is 0 Å². The van der Waals surface area contributed by atoms with Crippen LogP contribution in [-0.2, 0) is 17.0 Å². The number of aryl methyl sites for hydroxylation is 4. The van der Waals surface area contributed by atoms with Gasteiger partial charge in [-0.15, -0.1) is 0 Å². The van der Waals surface area contributed by atoms with Gasteiger partial charge < -0.3 is 0 Å². The molecule has 0 spiro atoms. The molecule has 0 saturated carbocycles. The summed E-state index contributed by atoms with van der Waals surface area (Å²) < 4.78 is 0. The molecule has 0 atom stereocenters. The van der Waals surface area contributed by atoms with Gasteiger partial charge in [-0.1, -0.05) is 12.1 Å². The first kappa shape index (κ1) is 29.1. The average molecular weight is 520 g/mol. The molecule has 1 aromatic carbocycles. The van der Waals surface area contributed by atoms with Crippen molar-refractivity contribution in [2.45, 2.75) is 27.7 Å². The van der Waals surface area contributed by atoms with E-state index in [0.717, 1.165) is 0 Å². The molecule has 0 bridgehead atoms. The number of hydrogen-bond donors (Lipinski definition) is 0. The first-order chi connectivity index (χ1) is 9.49. The zero-order valence-corrected chi connectivity index (χ0v) is 21.8. The quantitative estimate of drug-likeness (QED) is 0.309. The van der Waals surface area contributed by atoms with Crippen molar-refractivity contribution < 1.29 is 17.0 Å². The molecular formula is C10H14Al2Cl8Ti. The van der Waals surface area contributed by atoms with Gasteiger partial charge in [0, 0.05) is 0 Å². The summed E-state index contributed by atoms with van der Waals surface area (Å²) in [6.07, 6.45) is 0. The van der Waals surface area contributed by atoms with Gasteiger partial charge in [0.1, 0.15) is 0 Å². The third-order valence-electron chi connectivity index (χ3n) is 2.11. The second-order valence-corrected chi connectivity index (χ2v) is 19.0. The van der Waals surface area contributed by atoms with Crippen molar-refractivity contribution in [2.75, 3.05) is 0 Å². The first-order valence-corrected chi connectivity index (χ1v) is 20.1. The summed E-state index contributed by atoms with van der Waals surface area (Å²) in [6, 6.07) is 4.48. The van der Waals surface area contributed by atoms with Gasteiger partial charge in [-0.25, -0.2) is 60.3 Å². The predicted molar refractivity (Wildman–Crippen MR) is 104 cm³/mol. The minimum absolute atomic E-state index is 0.556. The van der Waals surface area contributed by atoms with Crippen LogP contribution in [0.15, 0.2) is 12.1 Å². The molecule has 1 aromatic rings. The van der Waals surface area contributed by atoms with E-state index in [1.54, 1.807) is 0 Å². The molecule has 0 fully saturated rings. The van der Waals surface area contributed by atoms with Gasteiger partial charge in [0.05, 0.1) is 0 Å². The summed E-state index contributed by atoms with van der Waals surface area (Å²) in [7, 11) is 39.4. The Hall–Kier alpha value is 3.32. The van der Waals surface area contributed by atoms with Crippen LogP contribution in [0.2, 0.25) is 0 Å². The molecule has 0 unspecified atom stereocenters. The molecule has 0 nitrogen and oxygen atoms in total. The second-order valence-electron chi connectivity index (χ2n) is 3.59. The fourth-order valence-corrected chi connectivity index (χ4v) is 1.10. The zero-order valence-electron chi connectivity index (χ0n) is 11.8. The summed E-state index contributed by atoms with van der Waals surface area (Å²) in [5, 5.41) is 0. The normalized spacial score (nSPS) is 8.00. The third kappa shape index (κ3) is 28.4. The molecule has 120 valence electrons. The minimum atomic E-state index is -1.72. The van der Waals surface area contributed by atoms with Crippen molar-refractivity contribution in [2.24, 2.45) is 0 Å². The maximum atomic E-state index is 4.94. The monoisotopic (exact) mass is 516 g/mol. The Morgan fingerprint density at radius 2 is 0.714 bits per heavy atom. The molecule has 0 amide bonds. The van der Waals surface area contributed by atoms with E-state index in [-0.39, 0.29) is 0 Å². The summed E-state index contributed by atoms with van der Waals surface area (Å²) in [5.74, 6) is 0. The summed E-state index contributed by atoms with van der Waals surface area (Å²) in [6.45, 7) is 8.62. The van der Waals surface area contributed by atoms with Crippen molar-refractivity contribution in [3.63, 3.8) is 0 Å². The molecular weight excluding hydrogens is 506 g/mol. The van der Waals surface area contributed by atoms with E-state index >= 15 is 0 Å². The van der Waals surface area contributed by atoms with Crippen LogP contribution < -0.4 is 0 Å². The first-order valence-electron chi connectivity index (χ1n) is 5.34. The number of benzene rings is 1. The van der Waals surface area contributed by atoms with Crippen LogP contribution in [0.4, 0.5) is 0 Å². The molecule has 0 aliphatic carbocycles. The zero-order chi connectivity index (χ0) is 17.6. The Morgan fingerprint density at radius 3 is 0.810 bits per heavy atom. The van der Waals surface area contributed by atoms with Crippen molar-refractivity contribution in [1.29, 1.82) is 0 Å². The van der Waals surface area contributed by atoms with E-state index in [1.165, 1.54) is 22.3 Å². The van der Waals surface area contributed by atoms with Gasteiger partial charge in [0.2, 0.25) is 0 Å². The van der Waals surface area contributed by atoms with Crippen LogP contribution in [0, 0.1) is 27.7 Å². The third-order valence-corrected chi connectivity index (χ3v) is 2.11. The SMILES string of the molecule is Cc1cc(C)c(C)cc1C.[Cl][Al]([Cl])[Cl].[Cl][Al]([Cl])[Cl].[Cl][Ti][Cl]. The number of halogens is 8. The van der Waals surface area contributed by atoms with E-state index in [1.807, 2.05) is 0 Å². The molecule has 1 rings (SSSR count). The Morgan fingerprint density at radius 1 is 0.619 bits per heavy atom. The predicted octanol–water partition coefficient (Wildman–Crippen LogP) is 7.67. The average Bonchev–Trinajstić information content (AvgIpc) is 2.26. The molecule has 0 radical (unpaired) electrons. The second kappa shape index (κ2) is 19.6. The van der Waals surface area contributed by atoms with Crippen molar-refractivity contribution >= 4 is 102 Å². The molecule has 0 heterocycles. The van der Waals surface area contributed by atoms with Crippen LogP contribution >= 0.6 is 78.9 Å². The molecule has 0 saturated heterocycles. The Labute approximate surface area is 178 Å². The molecule has 11 heteroatoms. The van der Waals surface area contributed by atoms with E-state index < -0.39 is 39.8 Å². The van der Waals surface area contributed by atoms with Crippen LogP contribution in [0.1, 0.15) is 22.3 Å². The van der Waals surface area contributed by atoms with Gasteiger partial charge in [0.25, 0.3) is 0 Å². The fraction of sp³-hybridized carbons (Fsp3) is 0.400. The fourth-order valence-electron chi connectivity index (χ4n) is 1.10. The van der Waals surface area contributed by atoms with Crippen LogP contribution in [0.25, 0.3) is 0 Å². The van der Waals surface area contributed by atoms with Crippen LogP contribution in [-0.4, -0.2) is 22.8 Å². The standard InChI is InChI=1S/C10H14.2Al.8ClH.Ti/c1-7-5-9(3)10(4)6-8(7)2;;;;;;;;;;;/h5-6H,1-4H3;;;8*1H;/q;2*+3;;;;;;;;;+2/p-8. The Balaban J connectivity index is -0.000000247. The summed E-state index contributed by atoms with van der Waals surface area (Å²) in [4.78, 5) is 0. The molecule has 0 aliphatic rings. The van der Waals surface area contributed by atoms with Crippen molar-refractivity contribution in [1.82, 2.24) is 0 Å². The maximum absolute atomic E-state index is 4.94. The van der Waals surface area contributed by atoms with Gasteiger partial charge in [-0.05, 0) is 49.9 Å².